The van der Waals surface area contributed by atoms with Gasteiger partial charge in [-0.1, -0.05) is 12.0 Å². The zero-order chi connectivity index (χ0) is 7.40. The summed E-state index contributed by atoms with van der Waals surface area (Å²) in [6, 6.07) is 0. The van der Waals surface area contributed by atoms with Gasteiger partial charge in [0.2, 0.25) is 0 Å². The van der Waals surface area contributed by atoms with Crippen LogP contribution < -0.4 is 0 Å². The van der Waals surface area contributed by atoms with Crippen LogP contribution in [-0.2, 0) is 13.7 Å². The molecule has 1 aliphatic rings. The van der Waals surface area contributed by atoms with E-state index in [1.807, 2.05) is 0 Å². The summed E-state index contributed by atoms with van der Waals surface area (Å²) in [4.78, 5) is 0. The maximum atomic E-state index is 5.07. The van der Waals surface area contributed by atoms with Crippen molar-refractivity contribution in [2.24, 2.45) is 0 Å². The lowest BCUT2D eigenvalue weighted by Crippen LogP contribution is -2.40. The molecule has 0 unspecified atom stereocenters. The Labute approximate surface area is 61.6 Å². The second-order valence-corrected chi connectivity index (χ2v) is 1.71. The van der Waals surface area contributed by atoms with E-state index >= 15 is 0 Å². The van der Waals surface area contributed by atoms with Gasteiger partial charge in [0.1, 0.15) is 0 Å². The highest BCUT2D eigenvalue weighted by Crippen LogP contribution is 2.02. The monoisotopic (exact) mass is 135 g/mol. The molecule has 0 saturated carbocycles. The lowest BCUT2D eigenvalue weighted by atomic mass is 9.77. The molecule has 49 valence electrons. The van der Waals surface area contributed by atoms with E-state index in [4.69, 9.17) is 13.7 Å². The zero-order valence-corrected chi connectivity index (χ0v) is 5.53. The average Bonchev–Trinajstić information content (AvgIpc) is 2.05. The molecule has 0 bridgehead atoms. The maximum absolute atomic E-state index is 5.07. The molecule has 1 fully saturated rings. The smallest absolute Gasteiger partial charge is 0.451 e. The molecule has 1 heterocycles. The number of hydrogen-bond acceptors (Lipinski definition) is 3. The van der Waals surface area contributed by atoms with Crippen LogP contribution in [0.5, 0.6) is 0 Å². The van der Waals surface area contributed by atoms with Gasteiger partial charge in [-0.25, -0.2) is 0 Å². The summed E-state index contributed by atoms with van der Waals surface area (Å²) in [6.07, 6.45) is 0. The van der Waals surface area contributed by atoms with Crippen LogP contribution in [0.3, 0.4) is 0 Å². The summed E-state index contributed by atoms with van der Waals surface area (Å²) < 4.78 is 14.7. The normalized spacial score (nSPS) is 18.0. The Balaban J connectivity index is 2.38. The fourth-order valence-corrected chi connectivity index (χ4v) is 0.560. The molecule has 3 nitrogen and oxygen atoms in total. The van der Waals surface area contributed by atoms with E-state index in [0.29, 0.717) is 0 Å². The Morgan fingerprint density at radius 1 is 1.10 bits per heavy atom. The molecule has 1 rings (SSSR count). The number of rotatable bonds is 2. The molecule has 1 radical (unpaired) electrons. The molecule has 0 spiro atoms. The predicted molar refractivity (Wildman–Crippen MR) is 40.9 cm³/mol. The first-order chi connectivity index (χ1) is 4.86. The van der Waals surface area contributed by atoms with E-state index in [1.54, 1.807) is 0 Å². The number of hydrogen-bond donors (Lipinski definition) is 0. The van der Waals surface area contributed by atoms with Crippen LogP contribution in [0.2, 0.25) is 0 Å². The lowest BCUT2D eigenvalue weighted by molar-refractivity contribution is 0.319. The van der Waals surface area contributed by atoms with Gasteiger partial charge in [-0.2, -0.15) is 0 Å². The fraction of sp³-hybridized carbons (Fsp3) is 0. The highest BCUT2D eigenvalue weighted by Gasteiger charge is 2.28. The topological polar surface area (TPSA) is 27.7 Å². The van der Waals surface area contributed by atoms with Gasteiger partial charge >= 0.3 is 21.9 Å². The minimum absolute atomic E-state index is 0.420. The van der Waals surface area contributed by atoms with Crippen LogP contribution in [0.4, 0.5) is 0 Å². The molecular weight excluding hydrogens is 128 g/mol. The first-order valence-electron chi connectivity index (χ1n) is 2.90. The van der Waals surface area contributed by atoms with Gasteiger partial charge in [0.05, 0.1) is 0 Å². The average molecular weight is 135 g/mol. The molecule has 0 amide bonds. The molecule has 0 aromatic heterocycles. The highest BCUT2D eigenvalue weighted by atomic mass is 16.7. The van der Waals surface area contributed by atoms with E-state index in [0.717, 1.165) is 0 Å². The maximum Gasteiger partial charge on any atom is 0.458 e. The third-order valence-corrected chi connectivity index (χ3v) is 1.03. The van der Waals surface area contributed by atoms with Crippen LogP contribution in [0, 0.1) is 0 Å². The Hall–Kier alpha value is -0.445. The van der Waals surface area contributed by atoms with Crippen LogP contribution >= 0.6 is 0 Å². The van der Waals surface area contributed by atoms with Crippen LogP contribution in [0.1, 0.15) is 0 Å². The van der Waals surface area contributed by atoms with Crippen LogP contribution in [-0.4, -0.2) is 21.9 Å². The van der Waals surface area contributed by atoms with Crippen molar-refractivity contribution in [3.8, 4) is 0 Å². The second-order valence-electron chi connectivity index (χ2n) is 1.71. The van der Waals surface area contributed by atoms with Crippen molar-refractivity contribution in [2.45, 2.75) is 0 Å². The van der Waals surface area contributed by atoms with Crippen molar-refractivity contribution < 1.29 is 13.7 Å². The Bertz CT molecular complexity index is 126. The van der Waals surface area contributed by atoms with E-state index in [2.05, 4.69) is 13.2 Å². The largest absolute Gasteiger partial charge is 0.458 e. The second kappa shape index (κ2) is 3.66. The van der Waals surface area contributed by atoms with Crippen LogP contribution in [0.25, 0.3) is 0 Å². The van der Waals surface area contributed by atoms with Gasteiger partial charge in [-0.15, -0.1) is 13.2 Å². The Morgan fingerprint density at radius 3 is 2.00 bits per heavy atom. The summed E-state index contributed by atoms with van der Waals surface area (Å²) in [5, 5.41) is 0. The minimum Gasteiger partial charge on any atom is -0.451 e. The molecule has 0 aromatic carbocycles. The molecule has 10 heavy (non-hydrogen) atoms. The lowest BCUT2D eigenvalue weighted by Gasteiger charge is -2.20. The summed E-state index contributed by atoms with van der Waals surface area (Å²) in [5.41, 5.74) is 0. The summed E-state index contributed by atoms with van der Waals surface area (Å²) in [7, 11) is 0.385. The minimum atomic E-state index is -0.420. The van der Waals surface area contributed by atoms with Gasteiger partial charge in [0.25, 0.3) is 0 Å². The third kappa shape index (κ3) is 1.77. The predicted octanol–water partition coefficient (Wildman–Crippen LogP) is 0.0108. The molecular formula is C4H6B3O3. The van der Waals surface area contributed by atoms with Crippen molar-refractivity contribution >= 4 is 21.9 Å². The van der Waals surface area contributed by atoms with Gasteiger partial charge < -0.3 is 13.7 Å². The standard InChI is InChI=1S/C4H6B3O3/c1-3-6-8-5-9-7(4-2)10-6/h3-4H,1-2H2. The van der Waals surface area contributed by atoms with Crippen molar-refractivity contribution in [1.82, 2.24) is 0 Å². The van der Waals surface area contributed by atoms with E-state index < -0.39 is 14.2 Å². The van der Waals surface area contributed by atoms with Gasteiger partial charge in [-0.3, -0.25) is 0 Å². The molecule has 0 atom stereocenters. The molecule has 0 N–H and O–H groups in total. The van der Waals surface area contributed by atoms with E-state index in [9.17, 15) is 0 Å². The first kappa shape index (κ1) is 7.66. The molecule has 1 saturated heterocycles. The van der Waals surface area contributed by atoms with Gasteiger partial charge in [0.15, 0.2) is 0 Å². The van der Waals surface area contributed by atoms with E-state index in [1.165, 1.54) is 19.6 Å². The zero-order valence-electron chi connectivity index (χ0n) is 5.53. The van der Waals surface area contributed by atoms with E-state index in [-0.39, 0.29) is 0 Å². The molecule has 0 aliphatic carbocycles. The SMILES string of the molecule is C=CB1O[B]OB(C=C)O1. The molecule has 1 aliphatic heterocycles. The summed E-state index contributed by atoms with van der Waals surface area (Å²) in [5.74, 6) is 3.07. The van der Waals surface area contributed by atoms with Crippen molar-refractivity contribution in [1.29, 1.82) is 0 Å². The summed E-state index contributed by atoms with van der Waals surface area (Å²) >= 11 is 0. The fourth-order valence-electron chi connectivity index (χ4n) is 0.560. The third-order valence-electron chi connectivity index (χ3n) is 1.03. The Kier molecular flexibility index (Phi) is 2.80. The van der Waals surface area contributed by atoms with Crippen LogP contribution in [0.15, 0.2) is 25.1 Å². The molecule has 6 heteroatoms. The van der Waals surface area contributed by atoms with Crippen molar-refractivity contribution in [3.05, 3.63) is 25.1 Å². The van der Waals surface area contributed by atoms with Crippen molar-refractivity contribution in [2.75, 3.05) is 0 Å². The first-order valence-corrected chi connectivity index (χ1v) is 2.90. The Morgan fingerprint density at radius 2 is 1.60 bits per heavy atom. The van der Waals surface area contributed by atoms with Gasteiger partial charge in [0, 0.05) is 0 Å². The molecule has 0 aromatic rings. The summed E-state index contributed by atoms with van der Waals surface area (Å²) in [6.45, 7) is 6.99. The highest BCUT2D eigenvalue weighted by molar-refractivity contribution is 6.72. The van der Waals surface area contributed by atoms with Gasteiger partial charge in [-0.05, 0) is 0 Å². The quantitative estimate of drug-likeness (QED) is 0.498. The van der Waals surface area contributed by atoms with Crippen molar-refractivity contribution in [3.63, 3.8) is 0 Å².